The Morgan fingerprint density at radius 1 is 1.15 bits per heavy atom. The summed E-state index contributed by atoms with van der Waals surface area (Å²) in [6, 6.07) is 9.61. The van der Waals surface area contributed by atoms with Crippen molar-refractivity contribution >= 4 is 23.6 Å². The van der Waals surface area contributed by atoms with E-state index in [4.69, 9.17) is 4.74 Å². The maximum absolute atomic E-state index is 12.8. The molecule has 1 atom stereocenters. The molecule has 0 saturated carbocycles. The summed E-state index contributed by atoms with van der Waals surface area (Å²) < 4.78 is 5.45. The number of anilines is 2. The molecule has 1 unspecified atom stereocenters. The summed E-state index contributed by atoms with van der Waals surface area (Å²) in [5.41, 5.74) is 0.853. The standard InChI is InChI=1S/C19H21N5O3/c25-16(24-9-4-7-19(8-10-24)13-22-18(26)27-19)14-11-20-17(21-12-14)23-15-5-2-1-3-6-15/h1-3,5-6,11-12H,4,7-10,13H2,(H,22,26)(H,20,21,23). The van der Waals surface area contributed by atoms with Crippen molar-refractivity contribution in [2.24, 2.45) is 0 Å². The SMILES string of the molecule is O=C1NCC2(CCCN(C(=O)c3cnc(Nc4ccccc4)nc3)CC2)O1. The fourth-order valence-corrected chi connectivity index (χ4v) is 3.49. The second-order valence-electron chi connectivity index (χ2n) is 6.86. The number of nitrogens with zero attached hydrogens (tertiary/aromatic N) is 3. The van der Waals surface area contributed by atoms with Gasteiger partial charge in [0.05, 0.1) is 12.1 Å². The minimum absolute atomic E-state index is 0.101. The van der Waals surface area contributed by atoms with Crippen LogP contribution in [0.2, 0.25) is 0 Å². The summed E-state index contributed by atoms with van der Waals surface area (Å²) in [7, 11) is 0. The molecule has 0 radical (unpaired) electrons. The summed E-state index contributed by atoms with van der Waals surface area (Å²) in [4.78, 5) is 34.5. The Morgan fingerprint density at radius 3 is 2.63 bits per heavy atom. The van der Waals surface area contributed by atoms with Gasteiger partial charge >= 0.3 is 6.09 Å². The van der Waals surface area contributed by atoms with E-state index >= 15 is 0 Å². The topological polar surface area (TPSA) is 96.5 Å². The number of nitrogens with one attached hydrogen (secondary N) is 2. The molecule has 2 aliphatic heterocycles. The Labute approximate surface area is 156 Å². The lowest BCUT2D eigenvalue weighted by atomic mass is 9.95. The average molecular weight is 367 g/mol. The highest BCUT2D eigenvalue weighted by atomic mass is 16.6. The summed E-state index contributed by atoms with van der Waals surface area (Å²) in [6.45, 7) is 1.68. The maximum atomic E-state index is 12.8. The number of benzene rings is 1. The Morgan fingerprint density at radius 2 is 1.93 bits per heavy atom. The fraction of sp³-hybridized carbons (Fsp3) is 0.368. The molecule has 140 valence electrons. The molecule has 2 aromatic rings. The zero-order valence-electron chi connectivity index (χ0n) is 14.9. The van der Waals surface area contributed by atoms with Gasteiger partial charge in [-0.3, -0.25) is 4.79 Å². The number of aromatic nitrogens is 2. The molecule has 1 aromatic carbocycles. The molecular weight excluding hydrogens is 346 g/mol. The van der Waals surface area contributed by atoms with Crippen molar-refractivity contribution in [1.29, 1.82) is 0 Å². The molecule has 2 aliphatic rings. The van der Waals surface area contributed by atoms with Crippen molar-refractivity contribution < 1.29 is 14.3 Å². The second kappa shape index (κ2) is 7.22. The molecular formula is C19H21N5O3. The van der Waals surface area contributed by atoms with E-state index in [1.807, 2.05) is 30.3 Å². The molecule has 8 heteroatoms. The summed E-state index contributed by atoms with van der Waals surface area (Å²) in [5.74, 6) is 0.340. The average Bonchev–Trinajstić information content (AvgIpc) is 2.93. The molecule has 0 bridgehead atoms. The van der Waals surface area contributed by atoms with Gasteiger partial charge in [0, 0.05) is 37.6 Å². The molecule has 2 saturated heterocycles. The third kappa shape index (κ3) is 3.84. The number of ether oxygens (including phenoxy) is 1. The predicted octanol–water partition coefficient (Wildman–Crippen LogP) is 2.32. The normalized spacial score (nSPS) is 22.1. The van der Waals surface area contributed by atoms with Crippen LogP contribution < -0.4 is 10.6 Å². The zero-order chi connectivity index (χ0) is 18.7. The van der Waals surface area contributed by atoms with Crippen molar-refractivity contribution in [3.05, 3.63) is 48.3 Å². The molecule has 1 spiro atoms. The molecule has 1 aromatic heterocycles. The second-order valence-corrected chi connectivity index (χ2v) is 6.86. The van der Waals surface area contributed by atoms with Crippen molar-refractivity contribution in [2.75, 3.05) is 25.0 Å². The number of likely N-dealkylation sites (tertiary alicyclic amines) is 1. The lowest BCUT2D eigenvalue weighted by Gasteiger charge is -2.25. The Bertz CT molecular complexity index is 827. The summed E-state index contributed by atoms with van der Waals surface area (Å²) in [5, 5.41) is 5.81. The highest BCUT2D eigenvalue weighted by Gasteiger charge is 2.41. The van der Waals surface area contributed by atoms with E-state index < -0.39 is 5.60 Å². The molecule has 0 aliphatic carbocycles. The van der Waals surface area contributed by atoms with E-state index in [1.54, 1.807) is 17.3 Å². The monoisotopic (exact) mass is 367 g/mol. The first-order chi connectivity index (χ1) is 13.1. The molecule has 2 N–H and O–H groups in total. The first-order valence-corrected chi connectivity index (χ1v) is 9.04. The van der Waals surface area contributed by atoms with E-state index in [0.717, 1.165) is 18.5 Å². The van der Waals surface area contributed by atoms with Gasteiger partial charge in [-0.05, 0) is 25.0 Å². The van der Waals surface area contributed by atoms with Crippen LogP contribution in [-0.2, 0) is 4.74 Å². The van der Waals surface area contributed by atoms with Gasteiger partial charge < -0.3 is 20.3 Å². The third-order valence-corrected chi connectivity index (χ3v) is 4.98. The molecule has 2 amide bonds. The van der Waals surface area contributed by atoms with Gasteiger partial charge in [0.15, 0.2) is 0 Å². The van der Waals surface area contributed by atoms with Crippen molar-refractivity contribution in [1.82, 2.24) is 20.2 Å². The van der Waals surface area contributed by atoms with Crippen LogP contribution in [0, 0.1) is 0 Å². The van der Waals surface area contributed by atoms with Gasteiger partial charge in [-0.25, -0.2) is 14.8 Å². The van der Waals surface area contributed by atoms with Crippen molar-refractivity contribution in [2.45, 2.75) is 24.9 Å². The zero-order valence-corrected chi connectivity index (χ0v) is 14.9. The molecule has 4 rings (SSSR count). The van der Waals surface area contributed by atoms with E-state index in [0.29, 0.717) is 37.6 Å². The Kier molecular flexibility index (Phi) is 4.62. The highest BCUT2D eigenvalue weighted by Crippen LogP contribution is 2.29. The van der Waals surface area contributed by atoms with Crippen LogP contribution >= 0.6 is 0 Å². The van der Waals surface area contributed by atoms with Gasteiger partial charge in [-0.15, -0.1) is 0 Å². The van der Waals surface area contributed by atoms with E-state index in [2.05, 4.69) is 20.6 Å². The highest BCUT2D eigenvalue weighted by molar-refractivity contribution is 5.93. The number of rotatable bonds is 3. The van der Waals surface area contributed by atoms with Gasteiger partial charge in [-0.2, -0.15) is 0 Å². The quantitative estimate of drug-likeness (QED) is 0.864. The van der Waals surface area contributed by atoms with Crippen LogP contribution in [0.15, 0.2) is 42.7 Å². The number of carbonyl (C=O) groups excluding carboxylic acids is 2. The Hall–Kier alpha value is -3.16. The number of hydrogen-bond acceptors (Lipinski definition) is 6. The van der Waals surface area contributed by atoms with Crippen LogP contribution in [0.25, 0.3) is 0 Å². The number of carbonyl (C=O) groups is 2. The number of hydrogen-bond donors (Lipinski definition) is 2. The Balaban J connectivity index is 1.40. The fourth-order valence-electron chi connectivity index (χ4n) is 3.49. The van der Waals surface area contributed by atoms with Crippen LogP contribution in [0.4, 0.5) is 16.4 Å². The third-order valence-electron chi connectivity index (χ3n) is 4.98. The first kappa shape index (κ1) is 17.3. The lowest BCUT2D eigenvalue weighted by molar-refractivity contribution is 0.0438. The minimum Gasteiger partial charge on any atom is -0.441 e. The van der Waals surface area contributed by atoms with E-state index in [9.17, 15) is 9.59 Å². The molecule has 2 fully saturated rings. The van der Waals surface area contributed by atoms with Crippen molar-refractivity contribution in [3.63, 3.8) is 0 Å². The lowest BCUT2D eigenvalue weighted by Crippen LogP contribution is -2.36. The summed E-state index contributed by atoms with van der Waals surface area (Å²) >= 11 is 0. The molecule has 27 heavy (non-hydrogen) atoms. The maximum Gasteiger partial charge on any atom is 0.407 e. The van der Waals surface area contributed by atoms with Crippen LogP contribution in [0.3, 0.4) is 0 Å². The van der Waals surface area contributed by atoms with Crippen LogP contribution in [0.1, 0.15) is 29.6 Å². The van der Waals surface area contributed by atoms with Crippen molar-refractivity contribution in [3.8, 4) is 0 Å². The smallest absolute Gasteiger partial charge is 0.407 e. The van der Waals surface area contributed by atoms with E-state index in [1.165, 1.54) is 0 Å². The van der Waals surface area contributed by atoms with Gasteiger partial charge in [0.2, 0.25) is 5.95 Å². The van der Waals surface area contributed by atoms with Crippen LogP contribution in [-0.4, -0.2) is 52.1 Å². The predicted molar refractivity (Wildman–Crippen MR) is 98.7 cm³/mol. The first-order valence-electron chi connectivity index (χ1n) is 9.04. The van der Waals surface area contributed by atoms with Gasteiger partial charge in [0.25, 0.3) is 5.91 Å². The van der Waals surface area contributed by atoms with Crippen LogP contribution in [0.5, 0.6) is 0 Å². The number of amides is 2. The summed E-state index contributed by atoms with van der Waals surface area (Å²) in [6.07, 6.45) is 4.88. The van der Waals surface area contributed by atoms with Gasteiger partial charge in [0.1, 0.15) is 5.60 Å². The molecule has 3 heterocycles. The van der Waals surface area contributed by atoms with Gasteiger partial charge in [-0.1, -0.05) is 18.2 Å². The largest absolute Gasteiger partial charge is 0.441 e. The number of alkyl carbamates (subject to hydrolysis) is 1. The molecule has 8 nitrogen and oxygen atoms in total. The van der Waals surface area contributed by atoms with E-state index in [-0.39, 0.29) is 12.0 Å². The number of para-hydroxylation sites is 1. The minimum atomic E-state index is -0.480.